The molecule has 0 saturated carbocycles. The van der Waals surface area contributed by atoms with Crippen LogP contribution in [0.1, 0.15) is 46.6 Å². The van der Waals surface area contributed by atoms with Crippen molar-refractivity contribution in [2.45, 2.75) is 59.0 Å². The number of amides is 1. The molecule has 0 radical (unpaired) electrons. The van der Waals surface area contributed by atoms with Crippen molar-refractivity contribution in [3.05, 3.63) is 35.9 Å². The molecule has 1 amide bonds. The predicted molar refractivity (Wildman–Crippen MR) is 101 cm³/mol. The third-order valence-corrected chi connectivity index (χ3v) is 3.39. The number of benzene rings is 1. The van der Waals surface area contributed by atoms with Gasteiger partial charge < -0.3 is 14.2 Å². The molecule has 0 aliphatic rings. The summed E-state index contributed by atoms with van der Waals surface area (Å²) in [5, 5.41) is 0.273. The molecule has 1 aromatic carbocycles. The number of alkyl halides is 1. The van der Waals surface area contributed by atoms with E-state index in [0.29, 0.717) is 5.56 Å². The van der Waals surface area contributed by atoms with Crippen LogP contribution < -0.4 is 0 Å². The molecule has 0 N–H and O–H groups in total. The minimum atomic E-state index is -2.89. The van der Waals surface area contributed by atoms with Crippen LogP contribution in [0.2, 0.25) is 0 Å². The molecule has 8 heteroatoms. The van der Waals surface area contributed by atoms with Crippen molar-refractivity contribution in [2.24, 2.45) is 5.92 Å². The normalized spacial score (nSPS) is 13.7. The van der Waals surface area contributed by atoms with E-state index in [4.69, 9.17) is 19.0 Å². The van der Waals surface area contributed by atoms with Gasteiger partial charge in [-0.25, -0.2) is 18.8 Å². The molecule has 0 spiro atoms. The number of carbonyl (C=O) groups excluding carboxylic acids is 2. The lowest BCUT2D eigenvalue weighted by Gasteiger charge is -2.35. The molecule has 0 bridgehead atoms. The Hall–Kier alpha value is -2.19. The van der Waals surface area contributed by atoms with E-state index < -0.39 is 30.2 Å². The maximum Gasteiger partial charge on any atom is 0.438 e. The van der Waals surface area contributed by atoms with Crippen LogP contribution in [0.3, 0.4) is 0 Å². The number of halogens is 1. The minimum absolute atomic E-state index is 0.143. The number of hydrogen-bond donors (Lipinski definition) is 0. The fourth-order valence-electron chi connectivity index (χ4n) is 2.33. The van der Waals surface area contributed by atoms with E-state index in [2.05, 4.69) is 0 Å². The first-order chi connectivity index (χ1) is 13.0. The van der Waals surface area contributed by atoms with Gasteiger partial charge in [0.25, 0.3) is 0 Å². The Morgan fingerprint density at radius 2 is 1.75 bits per heavy atom. The number of ether oxygens (including phenoxy) is 3. The summed E-state index contributed by atoms with van der Waals surface area (Å²) < 4.78 is 31.0. The first kappa shape index (κ1) is 23.8. The van der Waals surface area contributed by atoms with Gasteiger partial charge in [-0.2, -0.15) is 0 Å². The quantitative estimate of drug-likeness (QED) is 0.268. The van der Waals surface area contributed by atoms with Crippen molar-refractivity contribution >= 4 is 12.1 Å². The zero-order valence-corrected chi connectivity index (χ0v) is 17.4. The van der Waals surface area contributed by atoms with Crippen LogP contribution in [0.5, 0.6) is 0 Å². The van der Waals surface area contributed by atoms with E-state index in [1.807, 2.05) is 6.07 Å². The smallest absolute Gasteiger partial charge is 0.438 e. The van der Waals surface area contributed by atoms with Crippen LogP contribution in [0.25, 0.3) is 0 Å². The molecule has 0 heterocycles. The van der Waals surface area contributed by atoms with Crippen molar-refractivity contribution in [1.82, 2.24) is 5.06 Å². The molecular weight excluding hydrogens is 369 g/mol. The number of hydroxylamine groups is 2. The summed E-state index contributed by atoms with van der Waals surface area (Å²) in [6.07, 6.45) is -1.49. The molecule has 0 aromatic heterocycles. The van der Waals surface area contributed by atoms with Crippen LogP contribution >= 0.6 is 0 Å². The van der Waals surface area contributed by atoms with Gasteiger partial charge in [-0.15, -0.1) is 5.06 Å². The highest BCUT2D eigenvalue weighted by molar-refractivity contribution is 5.83. The molecule has 1 rings (SSSR count). The zero-order valence-electron chi connectivity index (χ0n) is 17.4. The van der Waals surface area contributed by atoms with Crippen LogP contribution in [-0.4, -0.2) is 42.4 Å². The lowest BCUT2D eigenvalue weighted by molar-refractivity contribution is -0.280. The predicted octanol–water partition coefficient (Wildman–Crippen LogP) is 4.21. The first-order valence-electron chi connectivity index (χ1n) is 9.04. The Morgan fingerprint density at radius 3 is 2.25 bits per heavy atom. The van der Waals surface area contributed by atoms with Crippen molar-refractivity contribution in [3.8, 4) is 0 Å². The SMILES string of the molecule is COCON(C(=O)OC(C)(C)C)[C@](F)(CC(C)C)C(=O)OCc1ccccc1. The molecule has 1 aromatic rings. The number of carbonyl (C=O) groups is 2. The summed E-state index contributed by atoms with van der Waals surface area (Å²) in [4.78, 5) is 30.3. The van der Waals surface area contributed by atoms with E-state index in [-0.39, 0.29) is 24.0 Å². The summed E-state index contributed by atoms with van der Waals surface area (Å²) in [5.41, 5.74) is -0.234. The van der Waals surface area contributed by atoms with Gasteiger partial charge in [-0.3, -0.25) is 0 Å². The maximum atomic E-state index is 15.9. The minimum Gasteiger partial charge on any atom is -0.457 e. The van der Waals surface area contributed by atoms with Crippen molar-refractivity contribution in [2.75, 3.05) is 13.9 Å². The molecular formula is C20H30FNO6. The number of esters is 1. The Morgan fingerprint density at radius 1 is 1.14 bits per heavy atom. The van der Waals surface area contributed by atoms with E-state index >= 15 is 4.39 Å². The van der Waals surface area contributed by atoms with E-state index in [1.165, 1.54) is 7.11 Å². The average Bonchev–Trinajstić information content (AvgIpc) is 2.58. The van der Waals surface area contributed by atoms with Crippen LogP contribution in [0.4, 0.5) is 9.18 Å². The fraction of sp³-hybridized carbons (Fsp3) is 0.600. The molecule has 0 aliphatic carbocycles. The molecule has 158 valence electrons. The third-order valence-electron chi connectivity index (χ3n) is 3.39. The summed E-state index contributed by atoms with van der Waals surface area (Å²) in [5.74, 6) is -4.42. The highest BCUT2D eigenvalue weighted by atomic mass is 19.1. The van der Waals surface area contributed by atoms with E-state index in [9.17, 15) is 9.59 Å². The van der Waals surface area contributed by atoms with Gasteiger partial charge in [0.15, 0.2) is 6.79 Å². The molecule has 28 heavy (non-hydrogen) atoms. The topological polar surface area (TPSA) is 74.3 Å². The molecule has 0 fully saturated rings. The van der Waals surface area contributed by atoms with Crippen LogP contribution in [0, 0.1) is 5.92 Å². The van der Waals surface area contributed by atoms with Crippen LogP contribution in [0.15, 0.2) is 30.3 Å². The summed E-state index contributed by atoms with van der Waals surface area (Å²) >= 11 is 0. The molecule has 0 saturated heterocycles. The maximum absolute atomic E-state index is 15.9. The number of methoxy groups -OCH3 is 1. The monoisotopic (exact) mass is 399 g/mol. The summed E-state index contributed by atoms with van der Waals surface area (Å²) in [6, 6.07) is 8.83. The second kappa shape index (κ2) is 10.4. The zero-order chi connectivity index (χ0) is 21.4. The standard InChI is InChI=1S/C20H30FNO6/c1-15(2)12-20(21,17(23)26-13-16-10-8-7-9-11-16)22(27-14-25-6)18(24)28-19(3,4)5/h7-11,15H,12-14H2,1-6H3/t20-/m1/s1. The second-order valence-corrected chi connectivity index (χ2v) is 7.73. The number of rotatable bonds is 9. The second-order valence-electron chi connectivity index (χ2n) is 7.73. The highest BCUT2D eigenvalue weighted by Crippen LogP contribution is 2.30. The van der Waals surface area contributed by atoms with Gasteiger partial charge in [0.05, 0.1) is 0 Å². The van der Waals surface area contributed by atoms with Gasteiger partial charge in [-0.05, 0) is 32.3 Å². The Kier molecular flexibility index (Phi) is 8.84. The van der Waals surface area contributed by atoms with Gasteiger partial charge in [0.1, 0.15) is 12.2 Å². The lowest BCUT2D eigenvalue weighted by Crippen LogP contribution is -2.56. The van der Waals surface area contributed by atoms with Gasteiger partial charge in [0.2, 0.25) is 0 Å². The first-order valence-corrected chi connectivity index (χ1v) is 9.04. The number of hydrogen-bond acceptors (Lipinski definition) is 6. The largest absolute Gasteiger partial charge is 0.457 e. The summed E-state index contributed by atoms with van der Waals surface area (Å²) in [7, 11) is 1.31. The average molecular weight is 399 g/mol. The Labute approximate surface area is 165 Å². The highest BCUT2D eigenvalue weighted by Gasteiger charge is 2.52. The van der Waals surface area contributed by atoms with Crippen LogP contribution in [-0.2, 0) is 30.4 Å². The van der Waals surface area contributed by atoms with E-state index in [0.717, 1.165) is 0 Å². The van der Waals surface area contributed by atoms with Crippen molar-refractivity contribution < 1.29 is 33.0 Å². The van der Waals surface area contributed by atoms with Crippen molar-refractivity contribution in [3.63, 3.8) is 0 Å². The number of nitrogens with zero attached hydrogens (tertiary/aromatic N) is 1. The summed E-state index contributed by atoms with van der Waals surface area (Å²) in [6.45, 7) is 7.69. The lowest BCUT2D eigenvalue weighted by atomic mass is 10.0. The molecule has 0 unspecified atom stereocenters. The van der Waals surface area contributed by atoms with Gasteiger partial charge in [0, 0.05) is 13.5 Å². The van der Waals surface area contributed by atoms with Gasteiger partial charge >= 0.3 is 17.9 Å². The Bertz CT molecular complexity index is 631. The van der Waals surface area contributed by atoms with Crippen molar-refractivity contribution in [1.29, 1.82) is 0 Å². The van der Waals surface area contributed by atoms with Gasteiger partial charge in [-0.1, -0.05) is 44.2 Å². The third kappa shape index (κ3) is 7.44. The van der Waals surface area contributed by atoms with E-state index in [1.54, 1.807) is 58.9 Å². The molecule has 1 atom stereocenters. The Balaban J connectivity index is 3.11. The molecule has 0 aliphatic heterocycles. The molecule has 7 nitrogen and oxygen atoms in total. The fourth-order valence-corrected chi connectivity index (χ4v) is 2.33.